The van der Waals surface area contributed by atoms with E-state index < -0.39 is 0 Å². The molecule has 1 heterocycles. The van der Waals surface area contributed by atoms with Gasteiger partial charge in [0.1, 0.15) is 10.8 Å². The lowest BCUT2D eigenvalue weighted by molar-refractivity contribution is 0.0947. The van der Waals surface area contributed by atoms with Gasteiger partial charge in [-0.15, -0.1) is 0 Å². The van der Waals surface area contributed by atoms with Crippen LogP contribution in [0.4, 0.5) is 0 Å². The number of nitrogens with one attached hydrogen (secondary N) is 1. The minimum absolute atomic E-state index is 0.173. The fourth-order valence-electron chi connectivity index (χ4n) is 1.84. The van der Waals surface area contributed by atoms with E-state index in [4.69, 9.17) is 11.6 Å². The Morgan fingerprint density at radius 1 is 1.37 bits per heavy atom. The van der Waals surface area contributed by atoms with Crippen molar-refractivity contribution in [1.29, 1.82) is 0 Å². The molecule has 0 aliphatic rings. The van der Waals surface area contributed by atoms with E-state index in [0.29, 0.717) is 23.3 Å². The zero-order valence-electron chi connectivity index (χ0n) is 11.1. The topological polar surface area (TPSA) is 42.0 Å². The number of pyridine rings is 1. The van der Waals surface area contributed by atoms with Gasteiger partial charge < -0.3 is 5.32 Å². The van der Waals surface area contributed by atoms with Gasteiger partial charge >= 0.3 is 0 Å². The molecule has 0 atom stereocenters. The van der Waals surface area contributed by atoms with Crippen LogP contribution in [0.5, 0.6) is 0 Å². The molecule has 0 saturated carbocycles. The number of aromatic nitrogens is 1. The number of hydrogen-bond donors (Lipinski definition) is 1. The SMILES string of the molecule is CC(C)CCNC(=O)c1cc2ccccc2c(Cl)n1. The van der Waals surface area contributed by atoms with Crippen molar-refractivity contribution < 1.29 is 4.79 Å². The first-order valence-electron chi connectivity index (χ1n) is 6.41. The lowest BCUT2D eigenvalue weighted by Gasteiger charge is -2.08. The molecule has 4 heteroatoms. The minimum atomic E-state index is -0.173. The van der Waals surface area contributed by atoms with Crippen molar-refractivity contribution in [2.45, 2.75) is 20.3 Å². The highest BCUT2D eigenvalue weighted by atomic mass is 35.5. The number of halogens is 1. The van der Waals surface area contributed by atoms with Crippen LogP contribution >= 0.6 is 11.6 Å². The monoisotopic (exact) mass is 276 g/mol. The van der Waals surface area contributed by atoms with Crippen LogP contribution in [0.2, 0.25) is 5.15 Å². The molecule has 0 radical (unpaired) electrons. The molecule has 0 fully saturated rings. The van der Waals surface area contributed by atoms with E-state index in [-0.39, 0.29) is 5.91 Å². The van der Waals surface area contributed by atoms with Gasteiger partial charge in [0, 0.05) is 11.9 Å². The van der Waals surface area contributed by atoms with Gasteiger partial charge in [-0.2, -0.15) is 0 Å². The third-order valence-electron chi connectivity index (χ3n) is 2.93. The van der Waals surface area contributed by atoms with Gasteiger partial charge in [-0.05, 0) is 23.8 Å². The summed E-state index contributed by atoms with van der Waals surface area (Å²) in [5, 5.41) is 5.02. The number of amides is 1. The summed E-state index contributed by atoms with van der Waals surface area (Å²) in [7, 11) is 0. The van der Waals surface area contributed by atoms with Crippen LogP contribution in [-0.4, -0.2) is 17.4 Å². The molecule has 0 bridgehead atoms. The number of hydrogen-bond acceptors (Lipinski definition) is 2. The second kappa shape index (κ2) is 6.02. The fraction of sp³-hybridized carbons (Fsp3) is 0.333. The van der Waals surface area contributed by atoms with Gasteiger partial charge in [-0.3, -0.25) is 4.79 Å². The molecule has 0 saturated heterocycles. The molecule has 2 aromatic rings. The quantitative estimate of drug-likeness (QED) is 0.866. The Morgan fingerprint density at radius 3 is 2.84 bits per heavy atom. The molecular formula is C15H17ClN2O. The molecule has 0 aliphatic carbocycles. The van der Waals surface area contributed by atoms with Crippen molar-refractivity contribution in [3.05, 3.63) is 41.2 Å². The summed E-state index contributed by atoms with van der Waals surface area (Å²) in [5.74, 6) is 0.391. The Bertz CT molecular complexity index is 596. The molecule has 100 valence electrons. The van der Waals surface area contributed by atoms with Crippen molar-refractivity contribution in [3.8, 4) is 0 Å². The molecule has 1 aromatic heterocycles. The van der Waals surface area contributed by atoms with Gasteiger partial charge in [0.05, 0.1) is 0 Å². The average molecular weight is 277 g/mol. The zero-order chi connectivity index (χ0) is 13.8. The first kappa shape index (κ1) is 13.8. The number of benzene rings is 1. The van der Waals surface area contributed by atoms with E-state index in [1.165, 1.54) is 0 Å². The van der Waals surface area contributed by atoms with E-state index >= 15 is 0 Å². The largest absolute Gasteiger partial charge is 0.351 e. The summed E-state index contributed by atoms with van der Waals surface area (Å²) >= 11 is 6.10. The number of fused-ring (bicyclic) bond motifs is 1. The fourth-order valence-corrected chi connectivity index (χ4v) is 2.10. The van der Waals surface area contributed by atoms with Gasteiger partial charge in [-0.1, -0.05) is 49.7 Å². The molecule has 2 rings (SSSR count). The lowest BCUT2D eigenvalue weighted by Crippen LogP contribution is -2.26. The van der Waals surface area contributed by atoms with Crippen molar-refractivity contribution in [2.24, 2.45) is 5.92 Å². The smallest absolute Gasteiger partial charge is 0.269 e. The summed E-state index contributed by atoms with van der Waals surface area (Å²) in [4.78, 5) is 16.1. The maximum absolute atomic E-state index is 12.0. The van der Waals surface area contributed by atoms with Crippen LogP contribution in [0.1, 0.15) is 30.8 Å². The van der Waals surface area contributed by atoms with Crippen molar-refractivity contribution >= 4 is 28.3 Å². The Hall–Kier alpha value is -1.61. The van der Waals surface area contributed by atoms with Gasteiger partial charge in [0.25, 0.3) is 5.91 Å². The highest BCUT2D eigenvalue weighted by molar-refractivity contribution is 6.34. The lowest BCUT2D eigenvalue weighted by atomic mass is 10.1. The highest BCUT2D eigenvalue weighted by Gasteiger charge is 2.10. The van der Waals surface area contributed by atoms with Crippen LogP contribution in [0, 0.1) is 5.92 Å². The molecule has 1 amide bonds. The Morgan fingerprint density at radius 2 is 2.11 bits per heavy atom. The Balaban J connectivity index is 2.18. The van der Waals surface area contributed by atoms with Gasteiger partial charge in [0.2, 0.25) is 0 Å². The molecule has 0 aliphatic heterocycles. The molecule has 3 nitrogen and oxygen atoms in total. The molecule has 0 spiro atoms. The second-order valence-corrected chi connectivity index (χ2v) is 5.32. The van der Waals surface area contributed by atoms with Gasteiger partial charge in [-0.25, -0.2) is 4.98 Å². The summed E-state index contributed by atoms with van der Waals surface area (Å²) in [6, 6.07) is 9.40. The maximum atomic E-state index is 12.0. The first-order chi connectivity index (χ1) is 9.08. The number of nitrogens with zero attached hydrogens (tertiary/aromatic N) is 1. The van der Waals surface area contributed by atoms with E-state index in [1.54, 1.807) is 6.07 Å². The predicted molar refractivity (Wildman–Crippen MR) is 78.5 cm³/mol. The molecule has 19 heavy (non-hydrogen) atoms. The summed E-state index contributed by atoms with van der Waals surface area (Å²) in [6.45, 7) is 4.90. The second-order valence-electron chi connectivity index (χ2n) is 4.96. The Labute approximate surface area is 118 Å². The van der Waals surface area contributed by atoms with E-state index in [2.05, 4.69) is 24.1 Å². The first-order valence-corrected chi connectivity index (χ1v) is 6.79. The summed E-state index contributed by atoms with van der Waals surface area (Å²) in [5.41, 5.74) is 0.368. The molecule has 0 unspecified atom stereocenters. The summed E-state index contributed by atoms with van der Waals surface area (Å²) in [6.07, 6.45) is 0.951. The number of carbonyl (C=O) groups is 1. The van der Waals surface area contributed by atoms with E-state index in [9.17, 15) is 4.79 Å². The van der Waals surface area contributed by atoms with Crippen LogP contribution < -0.4 is 5.32 Å². The molecular weight excluding hydrogens is 260 g/mol. The predicted octanol–water partition coefficient (Wildman–Crippen LogP) is 3.66. The third-order valence-corrected chi connectivity index (χ3v) is 3.22. The minimum Gasteiger partial charge on any atom is -0.351 e. The van der Waals surface area contributed by atoms with E-state index in [1.807, 2.05) is 24.3 Å². The van der Waals surface area contributed by atoms with Gasteiger partial charge in [0.15, 0.2) is 0 Å². The summed E-state index contributed by atoms with van der Waals surface area (Å²) < 4.78 is 0. The van der Waals surface area contributed by atoms with Crippen LogP contribution in [0.3, 0.4) is 0 Å². The highest BCUT2D eigenvalue weighted by Crippen LogP contribution is 2.22. The van der Waals surface area contributed by atoms with Crippen molar-refractivity contribution in [1.82, 2.24) is 10.3 Å². The van der Waals surface area contributed by atoms with Crippen molar-refractivity contribution in [2.75, 3.05) is 6.54 Å². The third kappa shape index (κ3) is 3.44. The molecule has 1 N–H and O–H groups in total. The average Bonchev–Trinajstić information content (AvgIpc) is 2.38. The standard InChI is InChI=1S/C15H17ClN2O/c1-10(2)7-8-17-15(19)13-9-11-5-3-4-6-12(11)14(16)18-13/h3-6,9-10H,7-8H2,1-2H3,(H,17,19). The van der Waals surface area contributed by atoms with Crippen LogP contribution in [-0.2, 0) is 0 Å². The van der Waals surface area contributed by atoms with Crippen LogP contribution in [0.15, 0.2) is 30.3 Å². The normalized spacial score (nSPS) is 10.9. The zero-order valence-corrected chi connectivity index (χ0v) is 11.9. The van der Waals surface area contributed by atoms with Crippen molar-refractivity contribution in [3.63, 3.8) is 0 Å². The number of rotatable bonds is 4. The number of carbonyl (C=O) groups excluding carboxylic acids is 1. The van der Waals surface area contributed by atoms with Crippen LogP contribution in [0.25, 0.3) is 10.8 Å². The Kier molecular flexibility index (Phi) is 4.38. The molecule has 1 aromatic carbocycles. The maximum Gasteiger partial charge on any atom is 0.269 e. The van der Waals surface area contributed by atoms with E-state index in [0.717, 1.165) is 17.2 Å².